The number of benzene rings is 1. The maximum Gasteiger partial charge on any atom is 0.347 e. The first kappa shape index (κ1) is 15.0. The zero-order chi connectivity index (χ0) is 14.0. The Labute approximate surface area is 116 Å². The van der Waals surface area contributed by atoms with Crippen LogP contribution >= 0.6 is 15.9 Å². The molecule has 0 bridgehead atoms. The maximum atomic E-state index is 11.5. The van der Waals surface area contributed by atoms with Gasteiger partial charge in [0.05, 0.1) is 0 Å². The van der Waals surface area contributed by atoms with E-state index in [0.29, 0.717) is 12.2 Å². The molecule has 0 saturated heterocycles. The average molecular weight is 315 g/mol. The monoisotopic (exact) mass is 314 g/mol. The molecule has 0 spiro atoms. The summed E-state index contributed by atoms with van der Waals surface area (Å²) in [6.45, 7) is 7.61. The number of carbonyl (C=O) groups is 1. The van der Waals surface area contributed by atoms with Crippen LogP contribution in [0.25, 0.3) is 0 Å². The zero-order valence-electron chi connectivity index (χ0n) is 11.2. The largest absolute Gasteiger partial charge is 0.478 e. The minimum absolute atomic E-state index is 0.126. The minimum atomic E-state index is -1.22. The van der Waals surface area contributed by atoms with Gasteiger partial charge in [-0.3, -0.25) is 0 Å². The van der Waals surface area contributed by atoms with Crippen LogP contribution in [0.5, 0.6) is 5.75 Å². The quantitative estimate of drug-likeness (QED) is 0.909. The van der Waals surface area contributed by atoms with Crippen LogP contribution in [0, 0.1) is 5.41 Å². The number of carboxylic acids is 1. The second kappa shape index (κ2) is 5.31. The highest BCUT2D eigenvalue weighted by atomic mass is 79.9. The first-order valence-electron chi connectivity index (χ1n) is 5.80. The van der Waals surface area contributed by atoms with E-state index in [1.165, 1.54) is 0 Å². The number of hydrogen-bond acceptors (Lipinski definition) is 2. The highest BCUT2D eigenvalue weighted by Crippen LogP contribution is 2.32. The fourth-order valence-corrected chi connectivity index (χ4v) is 2.34. The van der Waals surface area contributed by atoms with Gasteiger partial charge >= 0.3 is 5.97 Å². The first-order chi connectivity index (χ1) is 8.12. The van der Waals surface area contributed by atoms with E-state index in [-0.39, 0.29) is 5.41 Å². The second-order valence-corrected chi connectivity index (χ2v) is 6.75. The Morgan fingerprint density at radius 3 is 2.39 bits per heavy atom. The van der Waals surface area contributed by atoms with Crippen LogP contribution in [0.3, 0.4) is 0 Å². The van der Waals surface area contributed by atoms with E-state index in [1.54, 1.807) is 19.1 Å². The minimum Gasteiger partial charge on any atom is -0.478 e. The smallest absolute Gasteiger partial charge is 0.347 e. The predicted octanol–water partition coefficient (Wildman–Crippen LogP) is 4.11. The van der Waals surface area contributed by atoms with Crippen molar-refractivity contribution < 1.29 is 14.6 Å². The number of carboxylic acid groups (broad SMARTS) is 1. The van der Waals surface area contributed by atoms with Crippen LogP contribution in [0.4, 0.5) is 0 Å². The molecule has 0 aliphatic heterocycles. The van der Waals surface area contributed by atoms with E-state index < -0.39 is 11.6 Å². The summed E-state index contributed by atoms with van der Waals surface area (Å²) in [5.41, 5.74) is -1.35. The van der Waals surface area contributed by atoms with Crippen molar-refractivity contribution in [3.05, 3.63) is 28.7 Å². The lowest BCUT2D eigenvalue weighted by molar-refractivity contribution is -0.156. The van der Waals surface area contributed by atoms with Gasteiger partial charge in [-0.1, -0.05) is 42.8 Å². The van der Waals surface area contributed by atoms with Crippen molar-refractivity contribution in [3.63, 3.8) is 0 Å². The van der Waals surface area contributed by atoms with Crippen LogP contribution in [-0.2, 0) is 4.79 Å². The van der Waals surface area contributed by atoms with Crippen LogP contribution < -0.4 is 4.74 Å². The molecule has 1 atom stereocenters. The predicted molar refractivity (Wildman–Crippen MR) is 74.9 cm³/mol. The molecule has 3 nitrogen and oxygen atoms in total. The summed E-state index contributed by atoms with van der Waals surface area (Å²) in [4.78, 5) is 11.5. The second-order valence-electron chi connectivity index (χ2n) is 5.83. The SMILES string of the molecule is CC(C)(C)CC(C)(Oc1cccc(Br)c1)C(=O)O. The lowest BCUT2D eigenvalue weighted by Gasteiger charge is -2.32. The number of hydrogen-bond donors (Lipinski definition) is 1. The number of rotatable bonds is 4. The lowest BCUT2D eigenvalue weighted by atomic mass is 9.82. The summed E-state index contributed by atoms with van der Waals surface area (Å²) in [6.07, 6.45) is 0.432. The lowest BCUT2D eigenvalue weighted by Crippen LogP contribution is -2.44. The summed E-state index contributed by atoms with van der Waals surface area (Å²) in [5.74, 6) is -0.393. The molecule has 1 unspecified atom stereocenters. The molecular formula is C14H19BrO3. The van der Waals surface area contributed by atoms with Crippen LogP contribution in [0.15, 0.2) is 28.7 Å². The highest BCUT2D eigenvalue weighted by molar-refractivity contribution is 9.10. The molecular weight excluding hydrogens is 296 g/mol. The van der Waals surface area contributed by atoms with Crippen molar-refractivity contribution in [1.29, 1.82) is 0 Å². The van der Waals surface area contributed by atoms with E-state index in [2.05, 4.69) is 15.9 Å². The van der Waals surface area contributed by atoms with Gasteiger partial charge in [0, 0.05) is 10.9 Å². The summed E-state index contributed by atoms with van der Waals surface area (Å²) in [7, 11) is 0. The van der Waals surface area contributed by atoms with E-state index in [0.717, 1.165) is 4.47 Å². The van der Waals surface area contributed by atoms with Crippen LogP contribution in [0.1, 0.15) is 34.1 Å². The Hall–Kier alpha value is -1.03. The molecule has 0 amide bonds. The Kier molecular flexibility index (Phi) is 4.43. The van der Waals surface area contributed by atoms with E-state index in [9.17, 15) is 9.90 Å². The molecule has 0 fully saturated rings. The zero-order valence-corrected chi connectivity index (χ0v) is 12.7. The van der Waals surface area contributed by atoms with Gasteiger partial charge in [-0.2, -0.15) is 0 Å². The van der Waals surface area contributed by atoms with Crippen LogP contribution in [-0.4, -0.2) is 16.7 Å². The van der Waals surface area contributed by atoms with Crippen molar-refractivity contribution in [3.8, 4) is 5.75 Å². The summed E-state index contributed by atoms with van der Waals surface area (Å²) >= 11 is 3.34. The summed E-state index contributed by atoms with van der Waals surface area (Å²) in [5, 5.41) is 9.39. The molecule has 1 aromatic rings. The fourth-order valence-electron chi connectivity index (χ4n) is 1.96. The van der Waals surface area contributed by atoms with E-state index in [1.807, 2.05) is 32.9 Å². The van der Waals surface area contributed by atoms with Gasteiger partial charge in [0.25, 0.3) is 0 Å². The van der Waals surface area contributed by atoms with E-state index >= 15 is 0 Å². The maximum absolute atomic E-state index is 11.5. The van der Waals surface area contributed by atoms with Gasteiger partial charge in [0.15, 0.2) is 0 Å². The van der Waals surface area contributed by atoms with Crippen molar-refractivity contribution in [1.82, 2.24) is 0 Å². The van der Waals surface area contributed by atoms with Gasteiger partial charge in [-0.05, 0) is 30.5 Å². The van der Waals surface area contributed by atoms with Crippen LogP contribution in [0.2, 0.25) is 0 Å². The van der Waals surface area contributed by atoms with Gasteiger partial charge in [-0.15, -0.1) is 0 Å². The molecule has 1 N–H and O–H groups in total. The van der Waals surface area contributed by atoms with Gasteiger partial charge < -0.3 is 9.84 Å². The third-order valence-corrected chi connectivity index (χ3v) is 2.95. The molecule has 1 aromatic carbocycles. The van der Waals surface area contributed by atoms with Crippen molar-refractivity contribution in [2.24, 2.45) is 5.41 Å². The summed E-state index contributed by atoms with van der Waals surface area (Å²) < 4.78 is 6.56. The Balaban J connectivity index is 2.96. The third kappa shape index (κ3) is 4.33. The number of ether oxygens (including phenoxy) is 1. The van der Waals surface area contributed by atoms with Gasteiger partial charge in [0.2, 0.25) is 5.60 Å². The first-order valence-corrected chi connectivity index (χ1v) is 6.60. The third-order valence-electron chi connectivity index (χ3n) is 2.46. The standard InChI is InChI=1S/C14H19BrO3/c1-13(2,3)9-14(4,12(16)17)18-11-7-5-6-10(15)8-11/h5-8H,9H2,1-4H3,(H,16,17). The molecule has 4 heteroatoms. The fraction of sp³-hybridized carbons (Fsp3) is 0.500. The summed E-state index contributed by atoms with van der Waals surface area (Å²) in [6, 6.07) is 7.21. The molecule has 0 saturated carbocycles. The normalized spacial score (nSPS) is 14.9. The van der Waals surface area contributed by atoms with Gasteiger partial charge in [-0.25, -0.2) is 4.79 Å². The Bertz CT molecular complexity index is 437. The van der Waals surface area contributed by atoms with Crippen molar-refractivity contribution in [2.45, 2.75) is 39.7 Å². The molecule has 0 radical (unpaired) electrons. The molecule has 18 heavy (non-hydrogen) atoms. The molecule has 100 valence electrons. The molecule has 0 aliphatic carbocycles. The average Bonchev–Trinajstić information content (AvgIpc) is 2.13. The molecule has 0 heterocycles. The topological polar surface area (TPSA) is 46.5 Å². The van der Waals surface area contributed by atoms with Gasteiger partial charge in [0.1, 0.15) is 5.75 Å². The highest BCUT2D eigenvalue weighted by Gasteiger charge is 2.39. The Morgan fingerprint density at radius 1 is 1.33 bits per heavy atom. The number of aliphatic carboxylic acids is 1. The van der Waals surface area contributed by atoms with Crippen molar-refractivity contribution in [2.75, 3.05) is 0 Å². The number of halogens is 1. The van der Waals surface area contributed by atoms with Crippen molar-refractivity contribution >= 4 is 21.9 Å². The van der Waals surface area contributed by atoms with E-state index in [4.69, 9.17) is 4.74 Å². The molecule has 0 aromatic heterocycles. The molecule has 1 rings (SSSR count). The Morgan fingerprint density at radius 2 is 1.94 bits per heavy atom. The molecule has 0 aliphatic rings.